The molecule has 2 aliphatic rings. The Hall–Kier alpha value is -3.55. The van der Waals surface area contributed by atoms with Crippen molar-refractivity contribution in [2.75, 3.05) is 18.2 Å². The molecule has 0 bridgehead atoms. The summed E-state index contributed by atoms with van der Waals surface area (Å²) < 4.78 is 16.0. The topological polar surface area (TPSA) is 94.2 Å². The number of benzene rings is 2. The van der Waals surface area contributed by atoms with Crippen LogP contribution in [0.5, 0.6) is 11.5 Å². The minimum absolute atomic E-state index is 0.0234. The van der Waals surface area contributed by atoms with Crippen molar-refractivity contribution in [1.82, 2.24) is 5.32 Å². The lowest BCUT2D eigenvalue weighted by Gasteiger charge is -2.20. The van der Waals surface area contributed by atoms with Gasteiger partial charge in [-0.25, -0.2) is 4.79 Å². The molecule has 0 radical (unpaired) electrons. The lowest BCUT2D eigenvalue weighted by Crippen LogP contribution is -2.36. The fraction of sp³-hybridized carbons (Fsp3) is 0.318. The van der Waals surface area contributed by atoms with Crippen molar-refractivity contribution in [3.63, 3.8) is 0 Å². The molecule has 1 fully saturated rings. The van der Waals surface area contributed by atoms with Gasteiger partial charge in [0.05, 0.1) is 11.3 Å². The number of carbonyl (C=O) groups excluding carboxylic acids is 3. The number of nitrogens with one attached hydrogen (secondary N) is 1. The van der Waals surface area contributed by atoms with E-state index in [0.29, 0.717) is 30.2 Å². The quantitative estimate of drug-likeness (QED) is 0.735. The molecule has 2 amide bonds. The first kappa shape index (κ1) is 19.8. The fourth-order valence-corrected chi connectivity index (χ4v) is 3.45. The zero-order valence-electron chi connectivity index (χ0n) is 16.6. The molecule has 1 saturated heterocycles. The van der Waals surface area contributed by atoms with E-state index in [2.05, 4.69) is 5.32 Å². The maximum Gasteiger partial charge on any atom is 0.341 e. The molecule has 1 N–H and O–H groups in total. The number of ether oxygens (including phenoxy) is 3. The van der Waals surface area contributed by atoms with Crippen molar-refractivity contribution < 1.29 is 28.6 Å². The van der Waals surface area contributed by atoms with E-state index in [-0.39, 0.29) is 24.8 Å². The van der Waals surface area contributed by atoms with Crippen LogP contribution in [0.15, 0.2) is 42.5 Å². The van der Waals surface area contributed by atoms with Crippen molar-refractivity contribution in [2.24, 2.45) is 0 Å². The molecule has 0 aliphatic carbocycles. The predicted octanol–water partition coefficient (Wildman–Crippen LogP) is 2.40. The highest BCUT2D eigenvalue weighted by atomic mass is 16.7. The number of hydrogen-bond donors (Lipinski definition) is 1. The molecule has 8 nitrogen and oxygen atoms in total. The zero-order chi connectivity index (χ0) is 21.1. The number of anilines is 1. The van der Waals surface area contributed by atoms with E-state index >= 15 is 0 Å². The van der Waals surface area contributed by atoms with E-state index in [9.17, 15) is 14.4 Å². The first-order valence-corrected chi connectivity index (χ1v) is 9.79. The van der Waals surface area contributed by atoms with E-state index in [1.807, 2.05) is 6.07 Å². The lowest BCUT2D eigenvalue weighted by atomic mass is 10.1. The Morgan fingerprint density at radius 1 is 1.17 bits per heavy atom. The molecule has 0 saturated carbocycles. The number of para-hydroxylation sites is 1. The van der Waals surface area contributed by atoms with Gasteiger partial charge in [-0.15, -0.1) is 0 Å². The predicted molar refractivity (Wildman–Crippen MR) is 107 cm³/mol. The van der Waals surface area contributed by atoms with E-state index in [4.69, 9.17) is 14.2 Å². The summed E-state index contributed by atoms with van der Waals surface area (Å²) in [5.41, 5.74) is 1.62. The maximum absolute atomic E-state index is 12.7. The normalized spacial score (nSPS) is 15.8. The molecule has 2 aromatic rings. The van der Waals surface area contributed by atoms with Crippen molar-refractivity contribution in [2.45, 2.75) is 32.4 Å². The Balaban J connectivity index is 1.36. The zero-order valence-corrected chi connectivity index (χ0v) is 16.6. The first-order valence-electron chi connectivity index (χ1n) is 9.79. The lowest BCUT2D eigenvalue weighted by molar-refractivity contribution is -0.129. The van der Waals surface area contributed by atoms with E-state index in [0.717, 1.165) is 12.0 Å². The number of amides is 2. The number of hydrogen-bond acceptors (Lipinski definition) is 6. The standard InChI is InChI=1S/C22H22N2O6/c1-14(21(26)23-12-15-8-9-18-19(11-15)29-13-28-18)30-22(27)16-5-2-3-6-17(16)24-10-4-7-20(24)25/h2-3,5-6,8-9,11,14H,4,7,10,12-13H2,1H3,(H,23,26)/t14-/m1/s1. The minimum Gasteiger partial charge on any atom is -0.454 e. The molecular formula is C22H22N2O6. The fourth-order valence-electron chi connectivity index (χ4n) is 3.45. The summed E-state index contributed by atoms with van der Waals surface area (Å²) in [6.07, 6.45) is 0.219. The SMILES string of the molecule is C[C@@H](OC(=O)c1ccccc1N1CCCC1=O)C(=O)NCc1ccc2c(c1)OCO2. The summed E-state index contributed by atoms with van der Waals surface area (Å²) in [5.74, 6) is 0.216. The Morgan fingerprint density at radius 2 is 1.97 bits per heavy atom. The van der Waals surface area contributed by atoms with Crippen molar-refractivity contribution in [3.05, 3.63) is 53.6 Å². The van der Waals surface area contributed by atoms with Crippen LogP contribution in [0.2, 0.25) is 0 Å². The number of fused-ring (bicyclic) bond motifs is 1. The molecule has 30 heavy (non-hydrogen) atoms. The van der Waals surface area contributed by atoms with Crippen LogP contribution < -0.4 is 19.7 Å². The summed E-state index contributed by atoms with van der Waals surface area (Å²) in [6.45, 7) is 2.52. The summed E-state index contributed by atoms with van der Waals surface area (Å²) in [4.78, 5) is 38.7. The van der Waals surface area contributed by atoms with Crippen LogP contribution in [0.25, 0.3) is 0 Å². The molecule has 2 heterocycles. The van der Waals surface area contributed by atoms with Crippen LogP contribution >= 0.6 is 0 Å². The van der Waals surface area contributed by atoms with Crippen LogP contribution in [0.4, 0.5) is 5.69 Å². The summed E-state index contributed by atoms with van der Waals surface area (Å²) >= 11 is 0. The second-order valence-corrected chi connectivity index (χ2v) is 7.12. The van der Waals surface area contributed by atoms with Crippen molar-refractivity contribution in [1.29, 1.82) is 0 Å². The highest BCUT2D eigenvalue weighted by Crippen LogP contribution is 2.32. The molecule has 4 rings (SSSR count). The van der Waals surface area contributed by atoms with Gasteiger partial charge >= 0.3 is 5.97 Å². The molecule has 156 valence electrons. The van der Waals surface area contributed by atoms with Gasteiger partial charge in [0.2, 0.25) is 12.7 Å². The third-order valence-corrected chi connectivity index (χ3v) is 5.04. The van der Waals surface area contributed by atoms with E-state index in [1.54, 1.807) is 41.3 Å². The van der Waals surface area contributed by atoms with Crippen LogP contribution in [0.1, 0.15) is 35.7 Å². The van der Waals surface area contributed by atoms with Gasteiger partial charge in [0.25, 0.3) is 5.91 Å². The molecule has 8 heteroatoms. The smallest absolute Gasteiger partial charge is 0.341 e. The Kier molecular flexibility index (Phi) is 5.56. The average molecular weight is 410 g/mol. The minimum atomic E-state index is -0.992. The Labute approximate surface area is 173 Å². The molecule has 0 aromatic heterocycles. The van der Waals surface area contributed by atoms with Crippen LogP contribution in [-0.2, 0) is 20.9 Å². The third-order valence-electron chi connectivity index (χ3n) is 5.04. The average Bonchev–Trinajstić information content (AvgIpc) is 3.40. The van der Waals surface area contributed by atoms with E-state index < -0.39 is 18.0 Å². The maximum atomic E-state index is 12.7. The van der Waals surface area contributed by atoms with Crippen LogP contribution in [0.3, 0.4) is 0 Å². The van der Waals surface area contributed by atoms with Gasteiger partial charge in [0.1, 0.15) is 0 Å². The van der Waals surface area contributed by atoms with Gasteiger partial charge in [0.15, 0.2) is 17.6 Å². The molecular weight excluding hydrogens is 388 g/mol. The van der Waals surface area contributed by atoms with Gasteiger partial charge in [-0.3, -0.25) is 9.59 Å². The molecule has 2 aliphatic heterocycles. The van der Waals surface area contributed by atoms with Gasteiger partial charge in [-0.1, -0.05) is 18.2 Å². The second kappa shape index (κ2) is 8.44. The van der Waals surface area contributed by atoms with Gasteiger partial charge in [-0.05, 0) is 43.2 Å². The largest absolute Gasteiger partial charge is 0.454 e. The monoisotopic (exact) mass is 410 g/mol. The molecule has 2 aromatic carbocycles. The molecule has 0 spiro atoms. The van der Waals surface area contributed by atoms with Crippen LogP contribution in [-0.4, -0.2) is 37.2 Å². The van der Waals surface area contributed by atoms with E-state index in [1.165, 1.54) is 6.92 Å². The Morgan fingerprint density at radius 3 is 2.77 bits per heavy atom. The molecule has 0 unspecified atom stereocenters. The van der Waals surface area contributed by atoms with Gasteiger partial charge in [-0.2, -0.15) is 0 Å². The first-order chi connectivity index (χ1) is 14.5. The number of rotatable bonds is 6. The van der Waals surface area contributed by atoms with Gasteiger partial charge < -0.3 is 24.4 Å². The van der Waals surface area contributed by atoms with Crippen molar-refractivity contribution in [3.8, 4) is 11.5 Å². The second-order valence-electron chi connectivity index (χ2n) is 7.12. The number of carbonyl (C=O) groups is 3. The summed E-state index contributed by atoms with van der Waals surface area (Å²) in [7, 11) is 0. The summed E-state index contributed by atoms with van der Waals surface area (Å²) in [5, 5.41) is 2.75. The molecule has 1 atom stereocenters. The highest BCUT2D eigenvalue weighted by molar-refractivity contribution is 6.04. The number of nitrogens with zero attached hydrogens (tertiary/aromatic N) is 1. The summed E-state index contributed by atoms with van der Waals surface area (Å²) in [6, 6.07) is 12.2. The van der Waals surface area contributed by atoms with Crippen LogP contribution in [0, 0.1) is 0 Å². The Bertz CT molecular complexity index is 989. The van der Waals surface area contributed by atoms with Crippen molar-refractivity contribution >= 4 is 23.5 Å². The number of esters is 1. The highest BCUT2D eigenvalue weighted by Gasteiger charge is 2.27. The third kappa shape index (κ3) is 4.07. The van der Waals surface area contributed by atoms with Gasteiger partial charge in [0, 0.05) is 19.5 Å².